The van der Waals surface area contributed by atoms with Gasteiger partial charge in [0.15, 0.2) is 16.6 Å². The molecule has 1 aliphatic rings. The van der Waals surface area contributed by atoms with Gasteiger partial charge in [0, 0.05) is 30.0 Å². The zero-order valence-electron chi connectivity index (χ0n) is 15.9. The predicted octanol–water partition coefficient (Wildman–Crippen LogP) is 2.67. The fourth-order valence-corrected chi connectivity index (χ4v) is 3.10. The van der Waals surface area contributed by atoms with E-state index in [0.29, 0.717) is 17.1 Å². The molecule has 7 nitrogen and oxygen atoms in total. The summed E-state index contributed by atoms with van der Waals surface area (Å²) >= 11 is 5.25. The van der Waals surface area contributed by atoms with Crippen LogP contribution in [0.5, 0.6) is 11.5 Å². The average Bonchev–Trinajstić information content (AvgIpc) is 2.74. The quantitative estimate of drug-likeness (QED) is 0.747. The van der Waals surface area contributed by atoms with E-state index < -0.39 is 0 Å². The van der Waals surface area contributed by atoms with E-state index in [4.69, 9.17) is 26.4 Å². The van der Waals surface area contributed by atoms with E-state index in [1.54, 1.807) is 25.3 Å². The first-order chi connectivity index (χ1) is 13.6. The van der Waals surface area contributed by atoms with E-state index in [1.165, 1.54) is 7.11 Å². The number of amides is 1. The molecule has 1 amide bonds. The lowest BCUT2D eigenvalue weighted by molar-refractivity contribution is 0.0977. The molecule has 0 saturated carbocycles. The van der Waals surface area contributed by atoms with Crippen molar-refractivity contribution in [1.29, 1.82) is 0 Å². The summed E-state index contributed by atoms with van der Waals surface area (Å²) in [5.41, 5.74) is 2.35. The summed E-state index contributed by atoms with van der Waals surface area (Å²) in [6.45, 7) is 3.25. The van der Waals surface area contributed by atoms with Crippen molar-refractivity contribution in [2.75, 3.05) is 50.7 Å². The van der Waals surface area contributed by atoms with Gasteiger partial charge in [-0.25, -0.2) is 0 Å². The second-order valence-electron chi connectivity index (χ2n) is 6.12. The van der Waals surface area contributed by atoms with E-state index in [0.717, 1.165) is 37.7 Å². The Morgan fingerprint density at radius 1 is 1.04 bits per heavy atom. The first-order valence-corrected chi connectivity index (χ1v) is 9.28. The molecule has 0 aromatic heterocycles. The zero-order chi connectivity index (χ0) is 19.9. The summed E-state index contributed by atoms with van der Waals surface area (Å²) < 4.78 is 15.8. The maximum Gasteiger partial charge on any atom is 0.257 e. The van der Waals surface area contributed by atoms with Crippen LogP contribution in [0.3, 0.4) is 0 Å². The third-order valence-electron chi connectivity index (χ3n) is 4.37. The number of methoxy groups -OCH3 is 2. The summed E-state index contributed by atoms with van der Waals surface area (Å²) in [4.78, 5) is 14.7. The number of thiocarbonyl (C=S) groups is 1. The maximum atomic E-state index is 12.4. The molecule has 0 radical (unpaired) electrons. The Balaban J connectivity index is 1.58. The summed E-state index contributed by atoms with van der Waals surface area (Å²) in [7, 11) is 3.06. The topological polar surface area (TPSA) is 72.1 Å². The van der Waals surface area contributed by atoms with Crippen LogP contribution in [0, 0.1) is 0 Å². The number of carbonyl (C=O) groups excluding carboxylic acids is 1. The van der Waals surface area contributed by atoms with Crippen LogP contribution in [0.2, 0.25) is 0 Å². The lowest BCUT2D eigenvalue weighted by atomic mass is 10.2. The van der Waals surface area contributed by atoms with Crippen molar-refractivity contribution >= 4 is 34.6 Å². The minimum Gasteiger partial charge on any atom is -0.493 e. The second-order valence-corrected chi connectivity index (χ2v) is 6.53. The number of hydrogen-bond acceptors (Lipinski definition) is 6. The van der Waals surface area contributed by atoms with Crippen LogP contribution in [0.4, 0.5) is 11.4 Å². The van der Waals surface area contributed by atoms with Crippen molar-refractivity contribution in [3.05, 3.63) is 48.0 Å². The predicted molar refractivity (Wildman–Crippen MR) is 113 cm³/mol. The fraction of sp³-hybridized carbons (Fsp3) is 0.300. The summed E-state index contributed by atoms with van der Waals surface area (Å²) in [5.74, 6) is 0.705. The first-order valence-electron chi connectivity index (χ1n) is 8.88. The van der Waals surface area contributed by atoms with Crippen LogP contribution in [0.1, 0.15) is 10.4 Å². The van der Waals surface area contributed by atoms with Crippen LogP contribution in [0.15, 0.2) is 42.5 Å². The van der Waals surface area contributed by atoms with Gasteiger partial charge in [0.25, 0.3) is 5.91 Å². The number of nitrogens with zero attached hydrogens (tertiary/aromatic N) is 1. The van der Waals surface area contributed by atoms with Gasteiger partial charge in [-0.2, -0.15) is 0 Å². The number of hydrogen-bond donors (Lipinski definition) is 2. The minimum absolute atomic E-state index is 0.221. The molecule has 2 N–H and O–H groups in total. The highest BCUT2D eigenvalue weighted by atomic mass is 32.1. The number of ether oxygens (including phenoxy) is 3. The molecule has 1 heterocycles. The molecule has 1 fully saturated rings. The van der Waals surface area contributed by atoms with Crippen molar-refractivity contribution in [1.82, 2.24) is 5.32 Å². The van der Waals surface area contributed by atoms with Crippen LogP contribution in [0.25, 0.3) is 0 Å². The Labute approximate surface area is 169 Å². The zero-order valence-corrected chi connectivity index (χ0v) is 16.7. The normalized spacial score (nSPS) is 13.6. The third kappa shape index (κ3) is 4.90. The Kier molecular flexibility index (Phi) is 6.67. The lowest BCUT2D eigenvalue weighted by Gasteiger charge is -2.28. The fourth-order valence-electron chi connectivity index (χ4n) is 2.89. The standard InChI is InChI=1S/C20H23N3O4S/c1-25-17-8-3-14(13-18(17)26-2)19(24)22-20(28)21-15-4-6-16(7-5-15)23-9-11-27-12-10-23/h3-8,13H,9-12H2,1-2H3,(H2,21,22,24,28). The highest BCUT2D eigenvalue weighted by molar-refractivity contribution is 7.80. The number of benzene rings is 2. The molecule has 0 atom stereocenters. The van der Waals surface area contributed by atoms with Gasteiger partial charge in [-0.3, -0.25) is 10.1 Å². The number of nitrogens with one attached hydrogen (secondary N) is 2. The van der Waals surface area contributed by atoms with Gasteiger partial charge in [-0.05, 0) is 54.7 Å². The third-order valence-corrected chi connectivity index (χ3v) is 4.58. The van der Waals surface area contributed by atoms with Gasteiger partial charge in [0.2, 0.25) is 0 Å². The SMILES string of the molecule is COc1ccc(C(=O)NC(=S)Nc2ccc(N3CCOCC3)cc2)cc1OC. The minimum atomic E-state index is -0.330. The van der Waals surface area contributed by atoms with E-state index in [1.807, 2.05) is 24.3 Å². The van der Waals surface area contributed by atoms with Gasteiger partial charge in [-0.15, -0.1) is 0 Å². The largest absolute Gasteiger partial charge is 0.493 e. The smallest absolute Gasteiger partial charge is 0.257 e. The van der Waals surface area contributed by atoms with E-state index in [9.17, 15) is 4.79 Å². The van der Waals surface area contributed by atoms with E-state index in [-0.39, 0.29) is 11.0 Å². The van der Waals surface area contributed by atoms with E-state index in [2.05, 4.69) is 15.5 Å². The average molecular weight is 401 g/mol. The Bertz CT molecular complexity index is 836. The van der Waals surface area contributed by atoms with Crippen molar-refractivity contribution in [2.24, 2.45) is 0 Å². The van der Waals surface area contributed by atoms with Gasteiger partial charge in [0.1, 0.15) is 0 Å². The Hall–Kier alpha value is -2.84. The second kappa shape index (κ2) is 9.38. The lowest BCUT2D eigenvalue weighted by Crippen LogP contribution is -2.36. The molecular formula is C20H23N3O4S. The highest BCUT2D eigenvalue weighted by Gasteiger charge is 2.13. The summed E-state index contributed by atoms with van der Waals surface area (Å²) in [5, 5.41) is 5.91. The van der Waals surface area contributed by atoms with Crippen molar-refractivity contribution in [3.63, 3.8) is 0 Å². The summed E-state index contributed by atoms with van der Waals surface area (Å²) in [6, 6.07) is 12.8. The molecule has 148 valence electrons. The molecule has 0 bridgehead atoms. The molecule has 8 heteroatoms. The molecule has 2 aromatic carbocycles. The molecule has 0 spiro atoms. The maximum absolute atomic E-state index is 12.4. The molecule has 0 aliphatic carbocycles. The van der Waals surface area contributed by atoms with Crippen LogP contribution in [-0.2, 0) is 4.74 Å². The number of rotatable bonds is 5. The Morgan fingerprint density at radius 2 is 1.71 bits per heavy atom. The van der Waals surface area contributed by atoms with Gasteiger partial charge in [-0.1, -0.05) is 0 Å². The van der Waals surface area contributed by atoms with Gasteiger partial charge < -0.3 is 24.4 Å². The number of morpholine rings is 1. The molecule has 28 heavy (non-hydrogen) atoms. The molecule has 1 saturated heterocycles. The first kappa shape index (κ1) is 19.9. The van der Waals surface area contributed by atoms with Gasteiger partial charge >= 0.3 is 0 Å². The number of carbonyl (C=O) groups is 1. The van der Waals surface area contributed by atoms with Crippen LogP contribution < -0.4 is 25.0 Å². The van der Waals surface area contributed by atoms with Crippen LogP contribution in [-0.4, -0.2) is 51.5 Å². The molecule has 3 rings (SSSR count). The van der Waals surface area contributed by atoms with Crippen molar-refractivity contribution in [3.8, 4) is 11.5 Å². The molecule has 0 unspecified atom stereocenters. The van der Waals surface area contributed by atoms with Crippen molar-refractivity contribution < 1.29 is 19.0 Å². The van der Waals surface area contributed by atoms with Crippen LogP contribution >= 0.6 is 12.2 Å². The highest BCUT2D eigenvalue weighted by Crippen LogP contribution is 2.27. The van der Waals surface area contributed by atoms with Crippen molar-refractivity contribution in [2.45, 2.75) is 0 Å². The number of anilines is 2. The molecular weight excluding hydrogens is 378 g/mol. The molecule has 2 aromatic rings. The Morgan fingerprint density at radius 3 is 2.36 bits per heavy atom. The molecule has 1 aliphatic heterocycles. The van der Waals surface area contributed by atoms with Gasteiger partial charge in [0.05, 0.1) is 27.4 Å². The van der Waals surface area contributed by atoms with E-state index >= 15 is 0 Å². The monoisotopic (exact) mass is 401 g/mol. The summed E-state index contributed by atoms with van der Waals surface area (Å²) in [6.07, 6.45) is 0.